The van der Waals surface area contributed by atoms with E-state index in [0.29, 0.717) is 0 Å². The standard InChI is InChI=1S/C27H22O10S2/c1-18(28)35-27(36-21-6-14-25(15-7-21)38(31,32)23-10-2-19(29)3-11-23)37-22-8-16-26(17-9-22)39(33,34)24-12-4-20(30)5-13-24/h2-17,27,29-30H,1H3. The van der Waals surface area contributed by atoms with Crippen LogP contribution in [0.2, 0.25) is 0 Å². The number of ether oxygens (including phenoxy) is 3. The van der Waals surface area contributed by atoms with E-state index in [1.54, 1.807) is 0 Å². The van der Waals surface area contributed by atoms with E-state index in [0.717, 1.165) is 6.92 Å². The smallest absolute Gasteiger partial charge is 0.408 e. The number of carbonyl (C=O) groups is 1. The fourth-order valence-corrected chi connectivity index (χ4v) is 5.87. The quantitative estimate of drug-likeness (QED) is 0.222. The highest BCUT2D eigenvalue weighted by atomic mass is 32.2. The maximum Gasteiger partial charge on any atom is 0.408 e. The third-order valence-corrected chi connectivity index (χ3v) is 8.86. The minimum absolute atomic E-state index is 0.00837. The highest BCUT2D eigenvalue weighted by molar-refractivity contribution is 7.91. The van der Waals surface area contributed by atoms with E-state index in [-0.39, 0.29) is 42.6 Å². The molecular weight excluding hydrogens is 548 g/mol. The summed E-state index contributed by atoms with van der Waals surface area (Å²) in [5.74, 6) is -0.612. The molecule has 0 atom stereocenters. The zero-order valence-electron chi connectivity index (χ0n) is 20.3. The molecule has 0 spiro atoms. The van der Waals surface area contributed by atoms with Crippen LogP contribution in [0.1, 0.15) is 6.92 Å². The van der Waals surface area contributed by atoms with Crippen molar-refractivity contribution in [2.24, 2.45) is 0 Å². The van der Waals surface area contributed by atoms with Gasteiger partial charge >= 0.3 is 12.4 Å². The van der Waals surface area contributed by atoms with E-state index in [9.17, 15) is 31.8 Å². The predicted octanol–water partition coefficient (Wildman–Crippen LogP) is 4.07. The zero-order chi connectivity index (χ0) is 28.2. The Hall–Kier alpha value is -4.55. The van der Waals surface area contributed by atoms with Crippen LogP contribution >= 0.6 is 0 Å². The molecule has 0 heterocycles. The van der Waals surface area contributed by atoms with Crippen LogP contribution in [0.5, 0.6) is 23.0 Å². The molecule has 0 unspecified atom stereocenters. The van der Waals surface area contributed by atoms with Gasteiger partial charge in [0.05, 0.1) is 19.6 Å². The maximum atomic E-state index is 12.8. The molecule has 39 heavy (non-hydrogen) atoms. The fraction of sp³-hybridized carbons (Fsp3) is 0.0741. The van der Waals surface area contributed by atoms with E-state index in [2.05, 4.69) is 0 Å². The highest BCUT2D eigenvalue weighted by Gasteiger charge is 2.21. The molecule has 0 amide bonds. The molecule has 10 nitrogen and oxygen atoms in total. The SMILES string of the molecule is CC(=O)OC(Oc1ccc(S(=O)(=O)c2ccc(O)cc2)cc1)Oc1ccc(S(=O)(=O)c2ccc(O)cc2)cc1. The molecule has 0 bridgehead atoms. The topological polar surface area (TPSA) is 154 Å². The Labute approximate surface area is 224 Å². The minimum atomic E-state index is -3.85. The van der Waals surface area contributed by atoms with Crippen molar-refractivity contribution in [2.75, 3.05) is 0 Å². The van der Waals surface area contributed by atoms with Crippen molar-refractivity contribution in [1.82, 2.24) is 0 Å². The van der Waals surface area contributed by atoms with Crippen LogP contribution in [0.4, 0.5) is 0 Å². The van der Waals surface area contributed by atoms with Crippen LogP contribution in [0.15, 0.2) is 117 Å². The van der Waals surface area contributed by atoms with Gasteiger partial charge in [0, 0.05) is 6.92 Å². The first kappa shape index (κ1) is 27.5. The van der Waals surface area contributed by atoms with Crippen LogP contribution in [0.25, 0.3) is 0 Å². The lowest BCUT2D eigenvalue weighted by Crippen LogP contribution is -2.29. The minimum Gasteiger partial charge on any atom is -0.508 e. The van der Waals surface area contributed by atoms with Crippen molar-refractivity contribution in [3.05, 3.63) is 97.1 Å². The lowest BCUT2D eigenvalue weighted by molar-refractivity contribution is -0.204. The van der Waals surface area contributed by atoms with Gasteiger partial charge in [-0.25, -0.2) is 16.8 Å². The Bertz CT molecular complexity index is 1540. The normalized spacial score (nSPS) is 11.6. The molecule has 0 aromatic heterocycles. The summed E-state index contributed by atoms with van der Waals surface area (Å²) in [6.45, 7) is -0.429. The second-order valence-electron chi connectivity index (χ2n) is 8.07. The number of esters is 1. The van der Waals surface area contributed by atoms with E-state index in [1.165, 1.54) is 97.1 Å². The van der Waals surface area contributed by atoms with Crippen molar-refractivity contribution in [1.29, 1.82) is 0 Å². The van der Waals surface area contributed by atoms with E-state index in [1.807, 2.05) is 0 Å². The van der Waals surface area contributed by atoms with Crippen LogP contribution in [-0.4, -0.2) is 39.5 Å². The number of sulfone groups is 2. The number of benzene rings is 4. The van der Waals surface area contributed by atoms with Crippen molar-refractivity contribution in [3.8, 4) is 23.0 Å². The van der Waals surface area contributed by atoms with Gasteiger partial charge in [0.2, 0.25) is 19.7 Å². The second-order valence-corrected chi connectivity index (χ2v) is 12.0. The summed E-state index contributed by atoms with van der Waals surface area (Å²) in [5.41, 5.74) is 0. The largest absolute Gasteiger partial charge is 0.508 e. The summed E-state index contributed by atoms with van der Waals surface area (Å²) in [7, 11) is -7.70. The first-order valence-electron chi connectivity index (χ1n) is 11.2. The molecule has 0 saturated heterocycles. The first-order valence-corrected chi connectivity index (χ1v) is 14.2. The predicted molar refractivity (Wildman–Crippen MR) is 137 cm³/mol. The number of phenolic OH excluding ortho intramolecular Hbond substituents is 2. The third-order valence-electron chi connectivity index (χ3n) is 5.29. The van der Waals surface area contributed by atoms with Gasteiger partial charge < -0.3 is 24.4 Å². The molecule has 0 radical (unpaired) electrons. The molecule has 2 N–H and O–H groups in total. The second kappa shape index (κ2) is 11.1. The van der Waals surface area contributed by atoms with Crippen molar-refractivity contribution in [3.63, 3.8) is 0 Å². The Kier molecular flexibility index (Phi) is 7.79. The molecule has 0 aliphatic heterocycles. The van der Waals surface area contributed by atoms with E-state index >= 15 is 0 Å². The lowest BCUT2D eigenvalue weighted by atomic mass is 10.3. The van der Waals surface area contributed by atoms with Crippen LogP contribution in [0.3, 0.4) is 0 Å². The van der Waals surface area contributed by atoms with Crippen molar-refractivity contribution in [2.45, 2.75) is 33.0 Å². The average molecular weight is 571 g/mol. The number of hydrogen-bond acceptors (Lipinski definition) is 10. The molecule has 0 aliphatic rings. The number of hydrogen-bond donors (Lipinski definition) is 2. The van der Waals surface area contributed by atoms with Gasteiger partial charge in [-0.3, -0.25) is 4.79 Å². The summed E-state index contributed by atoms with van der Waals surface area (Å²) >= 11 is 0. The summed E-state index contributed by atoms with van der Waals surface area (Å²) in [6, 6.07) is 20.8. The first-order chi connectivity index (χ1) is 18.4. The van der Waals surface area contributed by atoms with Gasteiger partial charge in [0.25, 0.3) is 0 Å². The van der Waals surface area contributed by atoms with E-state index in [4.69, 9.17) is 14.2 Å². The summed E-state index contributed by atoms with van der Waals surface area (Å²) in [6.07, 6.45) is 0. The van der Waals surface area contributed by atoms with Gasteiger partial charge in [0.15, 0.2) is 0 Å². The molecule has 4 rings (SSSR count). The number of carbonyl (C=O) groups excluding carboxylic acids is 1. The molecule has 4 aromatic rings. The van der Waals surface area contributed by atoms with Crippen molar-refractivity contribution >= 4 is 25.6 Å². The average Bonchev–Trinajstić information content (AvgIpc) is 2.89. The summed E-state index contributed by atoms with van der Waals surface area (Å²) < 4.78 is 67.4. The Morgan fingerprint density at radius 2 is 0.846 bits per heavy atom. The molecule has 0 saturated carbocycles. The Morgan fingerprint density at radius 3 is 1.13 bits per heavy atom. The molecule has 12 heteroatoms. The van der Waals surface area contributed by atoms with E-state index < -0.39 is 32.1 Å². The van der Waals surface area contributed by atoms with Crippen LogP contribution < -0.4 is 9.47 Å². The highest BCUT2D eigenvalue weighted by Crippen LogP contribution is 2.27. The van der Waals surface area contributed by atoms with Crippen LogP contribution in [-0.2, 0) is 29.2 Å². The lowest BCUT2D eigenvalue weighted by Gasteiger charge is -2.19. The van der Waals surface area contributed by atoms with Gasteiger partial charge in [-0.15, -0.1) is 0 Å². The third kappa shape index (κ3) is 6.48. The fourth-order valence-electron chi connectivity index (χ4n) is 3.35. The molecule has 0 aliphatic carbocycles. The summed E-state index contributed by atoms with van der Waals surface area (Å²) in [4.78, 5) is 11.5. The maximum absolute atomic E-state index is 12.8. The zero-order valence-corrected chi connectivity index (χ0v) is 21.9. The molecular formula is C27H22O10S2. The van der Waals surface area contributed by atoms with Gasteiger partial charge in [-0.05, 0) is 97.1 Å². The molecule has 202 valence electrons. The summed E-state index contributed by atoms with van der Waals surface area (Å²) in [5, 5.41) is 18.8. The van der Waals surface area contributed by atoms with Gasteiger partial charge in [-0.2, -0.15) is 0 Å². The van der Waals surface area contributed by atoms with Crippen LogP contribution in [0, 0.1) is 0 Å². The molecule has 0 fully saturated rings. The van der Waals surface area contributed by atoms with Gasteiger partial charge in [0.1, 0.15) is 23.0 Å². The Morgan fingerprint density at radius 1 is 0.564 bits per heavy atom. The number of aromatic hydroxyl groups is 2. The van der Waals surface area contributed by atoms with Crippen molar-refractivity contribution < 1.29 is 46.1 Å². The molecule has 4 aromatic carbocycles. The Balaban J connectivity index is 1.49. The number of phenols is 2. The monoisotopic (exact) mass is 570 g/mol. The number of rotatable bonds is 9. The van der Waals surface area contributed by atoms with Gasteiger partial charge in [-0.1, -0.05) is 0 Å².